The van der Waals surface area contributed by atoms with Crippen LogP contribution in [0.3, 0.4) is 0 Å². The molecule has 0 bridgehead atoms. The molecule has 2 aromatic heterocycles. The number of halogens is 1. The monoisotopic (exact) mass is 382 g/mol. The fourth-order valence-corrected chi connectivity index (χ4v) is 3.97. The van der Waals surface area contributed by atoms with E-state index in [1.165, 1.54) is 25.7 Å². The van der Waals surface area contributed by atoms with Crippen molar-refractivity contribution in [2.45, 2.75) is 64.8 Å². The largest absolute Gasteiger partial charge is 0.367 e. The van der Waals surface area contributed by atoms with E-state index < -0.39 is 0 Å². The molecule has 0 saturated heterocycles. The average Bonchev–Trinajstić information content (AvgIpc) is 3.22. The lowest BCUT2D eigenvalue weighted by atomic mass is 9.91. The molecule has 1 fully saturated rings. The van der Waals surface area contributed by atoms with Gasteiger partial charge in [-0.1, -0.05) is 57.3 Å². The number of rotatable bonds is 3. The summed E-state index contributed by atoms with van der Waals surface area (Å²) < 4.78 is 1.98. The second kappa shape index (κ2) is 6.83. The number of hydrogen-bond donors (Lipinski definition) is 1. The van der Waals surface area contributed by atoms with E-state index in [4.69, 9.17) is 21.7 Å². The van der Waals surface area contributed by atoms with Crippen molar-refractivity contribution in [3.63, 3.8) is 0 Å². The van der Waals surface area contributed by atoms with Gasteiger partial charge in [-0.3, -0.25) is 0 Å². The molecule has 0 aliphatic heterocycles. The maximum atomic E-state index is 6.09. The number of aromatic nitrogens is 3. The zero-order valence-electron chi connectivity index (χ0n) is 16.5. The van der Waals surface area contributed by atoms with Gasteiger partial charge in [0, 0.05) is 28.1 Å². The molecule has 4 rings (SSSR count). The molecule has 2 heterocycles. The minimum absolute atomic E-state index is 0.0384. The molecule has 3 aromatic rings. The summed E-state index contributed by atoms with van der Waals surface area (Å²) in [6.45, 7) is 8.66. The highest BCUT2D eigenvalue weighted by Gasteiger charge is 2.24. The lowest BCUT2D eigenvalue weighted by molar-refractivity contribution is 0.568. The van der Waals surface area contributed by atoms with Crippen LogP contribution in [0.4, 0.5) is 5.82 Å². The molecule has 4 nitrogen and oxygen atoms in total. The molecular formula is C22H27ClN4. The van der Waals surface area contributed by atoms with Crippen LogP contribution in [0.1, 0.15) is 57.8 Å². The Hall–Kier alpha value is -2.07. The van der Waals surface area contributed by atoms with Gasteiger partial charge in [-0.05, 0) is 37.5 Å². The number of aryl methyl sites for hydroxylation is 1. The summed E-state index contributed by atoms with van der Waals surface area (Å²) >= 11 is 6.09. The fraction of sp³-hybridized carbons (Fsp3) is 0.455. The highest BCUT2D eigenvalue weighted by atomic mass is 35.5. The van der Waals surface area contributed by atoms with Crippen molar-refractivity contribution < 1.29 is 0 Å². The van der Waals surface area contributed by atoms with Crippen LogP contribution in [0.2, 0.25) is 5.02 Å². The first kappa shape index (κ1) is 18.3. The lowest BCUT2D eigenvalue weighted by Crippen LogP contribution is -2.20. The Morgan fingerprint density at radius 1 is 1.11 bits per heavy atom. The molecule has 1 saturated carbocycles. The standard InChI is InChI=1S/C22H27ClN4/c1-14-20(15-9-11-16(23)12-10-15)21-25-18(22(2,3)4)13-19(27(21)26-14)24-17-7-5-6-8-17/h9-13,17,24H,5-8H2,1-4H3. The quantitative estimate of drug-likeness (QED) is 0.603. The summed E-state index contributed by atoms with van der Waals surface area (Å²) in [4.78, 5) is 5.03. The smallest absolute Gasteiger partial charge is 0.165 e. The van der Waals surface area contributed by atoms with Crippen LogP contribution in [0.15, 0.2) is 30.3 Å². The molecule has 0 atom stereocenters. The lowest BCUT2D eigenvalue weighted by Gasteiger charge is -2.21. The van der Waals surface area contributed by atoms with Crippen molar-refractivity contribution in [3.8, 4) is 11.1 Å². The van der Waals surface area contributed by atoms with Gasteiger partial charge in [-0.25, -0.2) is 4.98 Å². The maximum absolute atomic E-state index is 6.09. The Labute approximate surface area is 166 Å². The number of fused-ring (bicyclic) bond motifs is 1. The first-order valence-electron chi connectivity index (χ1n) is 9.76. The SMILES string of the molecule is Cc1nn2c(NC3CCCC3)cc(C(C)(C)C)nc2c1-c1ccc(Cl)cc1. The topological polar surface area (TPSA) is 42.2 Å². The number of anilines is 1. The summed E-state index contributed by atoms with van der Waals surface area (Å²) in [5.74, 6) is 1.04. The molecule has 0 spiro atoms. The van der Waals surface area contributed by atoms with Crippen molar-refractivity contribution in [1.82, 2.24) is 14.6 Å². The van der Waals surface area contributed by atoms with Crippen LogP contribution in [0.5, 0.6) is 0 Å². The second-order valence-electron chi connectivity index (χ2n) is 8.61. The molecule has 0 unspecified atom stereocenters. The first-order chi connectivity index (χ1) is 12.8. The van der Waals surface area contributed by atoms with Crippen molar-refractivity contribution in [1.29, 1.82) is 0 Å². The van der Waals surface area contributed by atoms with Gasteiger partial charge in [-0.15, -0.1) is 0 Å². The van der Waals surface area contributed by atoms with Gasteiger partial charge in [0.25, 0.3) is 0 Å². The van der Waals surface area contributed by atoms with Gasteiger partial charge in [0.05, 0.1) is 11.4 Å². The zero-order valence-corrected chi connectivity index (χ0v) is 17.3. The molecule has 1 aliphatic rings. The third-order valence-corrected chi connectivity index (χ3v) is 5.62. The van der Waals surface area contributed by atoms with Crippen LogP contribution in [0, 0.1) is 6.92 Å². The van der Waals surface area contributed by atoms with Crippen LogP contribution < -0.4 is 5.32 Å². The number of nitrogens with one attached hydrogen (secondary N) is 1. The van der Waals surface area contributed by atoms with Crippen molar-refractivity contribution >= 4 is 23.1 Å². The van der Waals surface area contributed by atoms with E-state index in [-0.39, 0.29) is 5.41 Å². The molecule has 0 amide bonds. The minimum atomic E-state index is -0.0384. The highest BCUT2D eigenvalue weighted by Crippen LogP contribution is 2.33. The molecular weight excluding hydrogens is 356 g/mol. The second-order valence-corrected chi connectivity index (χ2v) is 9.04. The number of benzene rings is 1. The van der Waals surface area contributed by atoms with E-state index in [0.29, 0.717) is 6.04 Å². The van der Waals surface area contributed by atoms with Gasteiger partial charge >= 0.3 is 0 Å². The van der Waals surface area contributed by atoms with Crippen LogP contribution >= 0.6 is 11.6 Å². The summed E-state index contributed by atoms with van der Waals surface area (Å²) in [5, 5.41) is 9.31. The Kier molecular flexibility index (Phi) is 4.63. The van der Waals surface area contributed by atoms with Gasteiger partial charge in [-0.2, -0.15) is 9.61 Å². The van der Waals surface area contributed by atoms with Crippen molar-refractivity contribution in [2.75, 3.05) is 5.32 Å². The normalized spacial score (nSPS) is 15.6. The summed E-state index contributed by atoms with van der Waals surface area (Å²) in [6, 6.07) is 10.6. The molecule has 5 heteroatoms. The molecule has 1 N–H and O–H groups in total. The summed E-state index contributed by atoms with van der Waals surface area (Å²) in [7, 11) is 0. The van der Waals surface area contributed by atoms with Gasteiger partial charge in [0.1, 0.15) is 5.82 Å². The Balaban J connectivity index is 1.91. The Morgan fingerprint density at radius 3 is 2.41 bits per heavy atom. The van der Waals surface area contributed by atoms with Crippen molar-refractivity contribution in [3.05, 3.63) is 46.7 Å². The van der Waals surface area contributed by atoms with E-state index in [1.807, 2.05) is 28.8 Å². The third kappa shape index (κ3) is 3.55. The number of hydrogen-bond acceptors (Lipinski definition) is 3. The number of nitrogens with zero attached hydrogens (tertiary/aromatic N) is 3. The molecule has 1 aliphatic carbocycles. The average molecular weight is 383 g/mol. The van der Waals surface area contributed by atoms with Crippen LogP contribution in [-0.2, 0) is 5.41 Å². The van der Waals surface area contributed by atoms with Gasteiger partial charge in [0.2, 0.25) is 0 Å². The van der Waals surface area contributed by atoms with Gasteiger partial charge < -0.3 is 5.32 Å². The molecule has 0 radical (unpaired) electrons. The third-order valence-electron chi connectivity index (χ3n) is 5.37. The van der Waals surface area contributed by atoms with E-state index in [1.54, 1.807) is 0 Å². The Bertz CT molecular complexity index is 961. The fourth-order valence-electron chi connectivity index (χ4n) is 3.84. The van der Waals surface area contributed by atoms with E-state index in [9.17, 15) is 0 Å². The van der Waals surface area contributed by atoms with E-state index >= 15 is 0 Å². The Morgan fingerprint density at radius 2 is 1.78 bits per heavy atom. The van der Waals surface area contributed by atoms with E-state index in [0.717, 1.165) is 39.0 Å². The predicted molar refractivity (Wildman–Crippen MR) is 113 cm³/mol. The van der Waals surface area contributed by atoms with Gasteiger partial charge in [0.15, 0.2) is 5.65 Å². The van der Waals surface area contributed by atoms with Crippen LogP contribution in [-0.4, -0.2) is 20.6 Å². The first-order valence-corrected chi connectivity index (χ1v) is 10.1. The van der Waals surface area contributed by atoms with Crippen molar-refractivity contribution in [2.24, 2.45) is 0 Å². The summed E-state index contributed by atoms with van der Waals surface area (Å²) in [5.41, 5.74) is 5.09. The van der Waals surface area contributed by atoms with E-state index in [2.05, 4.69) is 39.1 Å². The highest BCUT2D eigenvalue weighted by molar-refractivity contribution is 6.30. The molecule has 1 aromatic carbocycles. The molecule has 142 valence electrons. The molecule has 27 heavy (non-hydrogen) atoms. The zero-order chi connectivity index (χ0) is 19.2. The summed E-state index contributed by atoms with van der Waals surface area (Å²) in [6.07, 6.45) is 5.04. The maximum Gasteiger partial charge on any atom is 0.165 e. The predicted octanol–water partition coefficient (Wildman–Crippen LogP) is 6.01. The minimum Gasteiger partial charge on any atom is -0.367 e. The van der Waals surface area contributed by atoms with Crippen LogP contribution in [0.25, 0.3) is 16.8 Å².